The maximum Gasteiger partial charge on any atom is 0.326 e. The van der Waals surface area contributed by atoms with E-state index >= 15 is 0 Å². The maximum atomic E-state index is 11.8. The second-order valence-electron chi connectivity index (χ2n) is 3.40. The molecule has 0 saturated heterocycles. The number of aliphatic carboxylic acids is 1. The highest BCUT2D eigenvalue weighted by atomic mass is 16.4. The Kier molecular flexibility index (Phi) is 5.93. The Hall–Kier alpha value is -1.77. The van der Waals surface area contributed by atoms with Gasteiger partial charge in [-0.15, -0.1) is 0 Å². The zero-order chi connectivity index (χ0) is 12.7. The first-order valence-corrected chi connectivity index (χ1v) is 5.07. The van der Waals surface area contributed by atoms with Crippen LogP contribution in [0.4, 0.5) is 4.79 Å². The summed E-state index contributed by atoms with van der Waals surface area (Å²) in [4.78, 5) is 25.1. The second kappa shape index (κ2) is 6.67. The molecule has 0 aliphatic heterocycles. The molecule has 0 aromatic heterocycles. The summed E-state index contributed by atoms with van der Waals surface area (Å²) >= 11 is 0. The topological polar surface area (TPSA) is 84.6 Å². The molecule has 0 spiro atoms. The van der Waals surface area contributed by atoms with Crippen molar-refractivity contribution in [3.05, 3.63) is 0 Å². The van der Waals surface area contributed by atoms with E-state index < -0.39 is 12.0 Å². The number of carboxylic acids is 1. The molecule has 0 rings (SSSR count). The number of carbonyl (C=O) groups excluding carboxylic acids is 1. The fraction of sp³-hybridized carbons (Fsp3) is 0.700. The number of nitrogens with zero attached hydrogens (tertiary/aromatic N) is 3. The summed E-state index contributed by atoms with van der Waals surface area (Å²) in [7, 11) is 1.44. The highest BCUT2D eigenvalue weighted by Crippen LogP contribution is 2.03. The zero-order valence-corrected chi connectivity index (χ0v) is 9.80. The zero-order valence-electron chi connectivity index (χ0n) is 9.80. The van der Waals surface area contributed by atoms with Crippen LogP contribution in [0.15, 0.2) is 0 Å². The van der Waals surface area contributed by atoms with Crippen molar-refractivity contribution in [2.75, 3.05) is 20.1 Å². The van der Waals surface area contributed by atoms with Gasteiger partial charge >= 0.3 is 12.0 Å². The number of hydrogen-bond acceptors (Lipinski definition) is 3. The summed E-state index contributed by atoms with van der Waals surface area (Å²) in [5.74, 6) is -1.05. The molecule has 0 bridgehead atoms. The van der Waals surface area contributed by atoms with Crippen molar-refractivity contribution in [1.82, 2.24) is 9.80 Å². The van der Waals surface area contributed by atoms with E-state index in [4.69, 9.17) is 10.4 Å². The van der Waals surface area contributed by atoms with Gasteiger partial charge in [-0.3, -0.25) is 0 Å². The monoisotopic (exact) mass is 227 g/mol. The van der Waals surface area contributed by atoms with Crippen molar-refractivity contribution in [1.29, 1.82) is 5.26 Å². The first-order valence-electron chi connectivity index (χ1n) is 5.07. The van der Waals surface area contributed by atoms with E-state index in [1.54, 1.807) is 6.92 Å². The fourth-order valence-electron chi connectivity index (χ4n) is 1.13. The predicted octanol–water partition coefficient (Wildman–Crippen LogP) is 0.747. The van der Waals surface area contributed by atoms with Gasteiger partial charge in [0.05, 0.1) is 12.5 Å². The van der Waals surface area contributed by atoms with Crippen LogP contribution < -0.4 is 0 Å². The lowest BCUT2D eigenvalue weighted by molar-refractivity contribution is -0.141. The van der Waals surface area contributed by atoms with Gasteiger partial charge in [-0.25, -0.2) is 9.59 Å². The van der Waals surface area contributed by atoms with Gasteiger partial charge in [0.2, 0.25) is 0 Å². The highest BCUT2D eigenvalue weighted by molar-refractivity contribution is 5.82. The van der Waals surface area contributed by atoms with Gasteiger partial charge in [-0.1, -0.05) is 0 Å². The van der Waals surface area contributed by atoms with E-state index in [-0.39, 0.29) is 12.5 Å². The highest BCUT2D eigenvalue weighted by Gasteiger charge is 2.24. The molecular formula is C10H17N3O3. The average molecular weight is 227 g/mol. The average Bonchev–Trinajstić information content (AvgIpc) is 2.27. The first-order chi connectivity index (χ1) is 7.45. The maximum absolute atomic E-state index is 11.8. The van der Waals surface area contributed by atoms with Gasteiger partial charge in [0.15, 0.2) is 0 Å². The molecule has 0 fully saturated rings. The Morgan fingerprint density at radius 1 is 1.50 bits per heavy atom. The number of hydrogen-bond donors (Lipinski definition) is 1. The lowest BCUT2D eigenvalue weighted by Crippen LogP contribution is -2.48. The lowest BCUT2D eigenvalue weighted by atomic mass is 10.3. The molecule has 6 nitrogen and oxygen atoms in total. The van der Waals surface area contributed by atoms with Crippen molar-refractivity contribution >= 4 is 12.0 Å². The Bertz CT molecular complexity index is 298. The first kappa shape index (κ1) is 14.2. The molecule has 6 heteroatoms. The number of rotatable bonds is 5. The normalized spacial score (nSPS) is 11.4. The summed E-state index contributed by atoms with van der Waals surface area (Å²) in [5, 5.41) is 17.2. The van der Waals surface area contributed by atoms with Crippen molar-refractivity contribution < 1.29 is 14.7 Å². The molecular weight excluding hydrogens is 210 g/mol. The SMILES string of the molecule is CCN(CCC#N)C(=O)N(C)C(C)C(=O)O. The van der Waals surface area contributed by atoms with Gasteiger partial charge in [-0.2, -0.15) is 5.26 Å². The minimum atomic E-state index is -1.05. The molecule has 2 amide bonds. The van der Waals surface area contributed by atoms with Crippen molar-refractivity contribution in [2.24, 2.45) is 0 Å². The third kappa shape index (κ3) is 3.77. The summed E-state index contributed by atoms with van der Waals surface area (Å²) in [6, 6.07) is 0.710. The number of urea groups is 1. The fourth-order valence-corrected chi connectivity index (χ4v) is 1.13. The molecule has 90 valence electrons. The van der Waals surface area contributed by atoms with Crippen LogP contribution in [0.5, 0.6) is 0 Å². The molecule has 1 unspecified atom stereocenters. The van der Waals surface area contributed by atoms with Crippen molar-refractivity contribution in [2.45, 2.75) is 26.3 Å². The molecule has 0 aromatic rings. The quantitative estimate of drug-likeness (QED) is 0.751. The van der Waals surface area contributed by atoms with E-state index in [0.29, 0.717) is 13.1 Å². The Labute approximate surface area is 95.1 Å². The van der Waals surface area contributed by atoms with Crippen LogP contribution in [0, 0.1) is 11.3 Å². The molecule has 0 radical (unpaired) electrons. The summed E-state index contributed by atoms with van der Waals surface area (Å²) in [5.41, 5.74) is 0. The minimum absolute atomic E-state index is 0.245. The summed E-state index contributed by atoms with van der Waals surface area (Å²) in [6.45, 7) is 4.01. The minimum Gasteiger partial charge on any atom is -0.480 e. The molecule has 0 saturated carbocycles. The smallest absolute Gasteiger partial charge is 0.326 e. The van der Waals surface area contributed by atoms with Crippen LogP contribution in [-0.2, 0) is 4.79 Å². The van der Waals surface area contributed by atoms with Gasteiger partial charge < -0.3 is 14.9 Å². The number of carboxylic acid groups (broad SMARTS) is 1. The predicted molar refractivity (Wildman–Crippen MR) is 57.7 cm³/mol. The third-order valence-corrected chi connectivity index (χ3v) is 2.39. The van der Waals surface area contributed by atoms with Crippen LogP contribution in [0.1, 0.15) is 20.3 Å². The van der Waals surface area contributed by atoms with Crippen LogP contribution in [0.25, 0.3) is 0 Å². The van der Waals surface area contributed by atoms with E-state index in [1.807, 2.05) is 6.07 Å². The van der Waals surface area contributed by atoms with Crippen LogP contribution >= 0.6 is 0 Å². The van der Waals surface area contributed by atoms with Gasteiger partial charge in [0, 0.05) is 20.1 Å². The molecule has 0 aliphatic carbocycles. The van der Waals surface area contributed by atoms with E-state index in [0.717, 1.165) is 4.90 Å². The molecule has 0 heterocycles. The molecule has 1 atom stereocenters. The molecule has 0 aliphatic rings. The largest absolute Gasteiger partial charge is 0.480 e. The number of carbonyl (C=O) groups is 2. The third-order valence-electron chi connectivity index (χ3n) is 2.39. The van der Waals surface area contributed by atoms with Gasteiger partial charge in [0.1, 0.15) is 6.04 Å². The summed E-state index contributed by atoms with van der Waals surface area (Å²) < 4.78 is 0. The number of nitriles is 1. The van der Waals surface area contributed by atoms with E-state index in [2.05, 4.69) is 0 Å². The van der Waals surface area contributed by atoms with Crippen LogP contribution in [0.2, 0.25) is 0 Å². The van der Waals surface area contributed by atoms with E-state index in [9.17, 15) is 9.59 Å². The lowest BCUT2D eigenvalue weighted by Gasteiger charge is -2.28. The Morgan fingerprint density at radius 2 is 2.06 bits per heavy atom. The van der Waals surface area contributed by atoms with Crippen LogP contribution in [0.3, 0.4) is 0 Å². The van der Waals surface area contributed by atoms with Crippen molar-refractivity contribution in [3.63, 3.8) is 0 Å². The Morgan fingerprint density at radius 3 is 2.44 bits per heavy atom. The molecule has 16 heavy (non-hydrogen) atoms. The van der Waals surface area contributed by atoms with Crippen molar-refractivity contribution in [3.8, 4) is 6.07 Å². The second-order valence-corrected chi connectivity index (χ2v) is 3.40. The number of likely N-dealkylation sites (N-methyl/N-ethyl adjacent to an activating group) is 1. The Balaban J connectivity index is 4.50. The van der Waals surface area contributed by atoms with E-state index in [1.165, 1.54) is 18.9 Å². The molecule has 1 N–H and O–H groups in total. The molecule has 0 aromatic carbocycles. The number of amides is 2. The van der Waals surface area contributed by atoms with Crippen LogP contribution in [-0.4, -0.2) is 53.1 Å². The standard InChI is InChI=1S/C10H17N3O3/c1-4-13(7-5-6-11)10(16)12(3)8(2)9(14)15/h8H,4-5,7H2,1-3H3,(H,14,15). The van der Waals surface area contributed by atoms with Gasteiger partial charge in [0.25, 0.3) is 0 Å². The summed E-state index contributed by atoms with van der Waals surface area (Å²) in [6.07, 6.45) is 0.245. The van der Waals surface area contributed by atoms with Gasteiger partial charge in [-0.05, 0) is 13.8 Å².